The third-order valence-electron chi connectivity index (χ3n) is 1.91. The van der Waals surface area contributed by atoms with Crippen molar-refractivity contribution in [3.8, 4) is 0 Å². The van der Waals surface area contributed by atoms with Gasteiger partial charge in [0.2, 0.25) is 0 Å². The molecule has 1 rings (SSSR count). The van der Waals surface area contributed by atoms with Gasteiger partial charge in [-0.3, -0.25) is 4.79 Å². The zero-order valence-corrected chi connectivity index (χ0v) is 8.71. The van der Waals surface area contributed by atoms with Gasteiger partial charge in [-0.1, -0.05) is 28.1 Å². The molecule has 0 aliphatic carbocycles. The Balaban J connectivity index is 3.15. The molecule has 0 radical (unpaired) electrons. The summed E-state index contributed by atoms with van der Waals surface area (Å²) in [5, 5.41) is 8.71. The molecule has 0 bridgehead atoms. The molecule has 0 aliphatic heterocycles. The highest BCUT2D eigenvalue weighted by molar-refractivity contribution is 9.10. The van der Waals surface area contributed by atoms with Crippen molar-refractivity contribution < 1.29 is 9.90 Å². The summed E-state index contributed by atoms with van der Waals surface area (Å²) >= 11 is 3.31. The van der Waals surface area contributed by atoms with Gasteiger partial charge in [-0.25, -0.2) is 0 Å². The van der Waals surface area contributed by atoms with Crippen LogP contribution in [-0.4, -0.2) is 11.1 Å². The van der Waals surface area contributed by atoms with Gasteiger partial charge in [0.25, 0.3) is 0 Å². The maximum absolute atomic E-state index is 10.6. The molecule has 0 saturated carbocycles. The van der Waals surface area contributed by atoms with Crippen molar-refractivity contribution in [3.05, 3.63) is 33.8 Å². The summed E-state index contributed by atoms with van der Waals surface area (Å²) in [4.78, 5) is 10.6. The molecule has 0 spiro atoms. The van der Waals surface area contributed by atoms with Crippen molar-refractivity contribution in [1.29, 1.82) is 0 Å². The van der Waals surface area contributed by atoms with E-state index in [1.165, 1.54) is 0 Å². The Labute approximate surface area is 84.7 Å². The van der Waals surface area contributed by atoms with Crippen LogP contribution in [0.2, 0.25) is 0 Å². The van der Waals surface area contributed by atoms with Crippen LogP contribution in [-0.2, 0) is 4.79 Å². The van der Waals surface area contributed by atoms with Gasteiger partial charge in [0.15, 0.2) is 0 Å². The van der Waals surface area contributed by atoms with Gasteiger partial charge in [-0.15, -0.1) is 0 Å². The molecule has 1 aromatic rings. The summed E-state index contributed by atoms with van der Waals surface area (Å²) in [6.45, 7) is 1.84. The van der Waals surface area contributed by atoms with Crippen LogP contribution in [0.4, 0.5) is 0 Å². The van der Waals surface area contributed by atoms with Crippen LogP contribution < -0.4 is 5.73 Å². The first-order chi connectivity index (χ1) is 6.04. The number of benzene rings is 1. The number of aliphatic carboxylic acids is 1. The molecular weight excluding hydrogens is 234 g/mol. The fourth-order valence-corrected chi connectivity index (χ4v) is 1.48. The fraction of sp³-hybridized carbons (Fsp3) is 0.222. The topological polar surface area (TPSA) is 63.3 Å². The minimum Gasteiger partial charge on any atom is -0.480 e. The van der Waals surface area contributed by atoms with Crippen LogP contribution in [0.15, 0.2) is 22.7 Å². The Kier molecular flexibility index (Phi) is 3.06. The van der Waals surface area contributed by atoms with Crippen LogP contribution in [0.1, 0.15) is 17.2 Å². The summed E-state index contributed by atoms with van der Waals surface area (Å²) in [6.07, 6.45) is 0. The van der Waals surface area contributed by atoms with E-state index < -0.39 is 12.0 Å². The third-order valence-corrected chi connectivity index (χ3v) is 2.77. The monoisotopic (exact) mass is 243 g/mol. The van der Waals surface area contributed by atoms with Crippen molar-refractivity contribution in [1.82, 2.24) is 0 Å². The lowest BCUT2D eigenvalue weighted by Gasteiger charge is -2.10. The van der Waals surface area contributed by atoms with Gasteiger partial charge in [0.1, 0.15) is 6.04 Å². The minimum absolute atomic E-state index is 0.641. The van der Waals surface area contributed by atoms with Crippen LogP contribution in [0.3, 0.4) is 0 Å². The van der Waals surface area contributed by atoms with E-state index in [-0.39, 0.29) is 0 Å². The Morgan fingerprint density at radius 3 is 2.77 bits per heavy atom. The second-order valence-corrected chi connectivity index (χ2v) is 3.62. The van der Waals surface area contributed by atoms with Crippen molar-refractivity contribution in [3.63, 3.8) is 0 Å². The smallest absolute Gasteiger partial charge is 0.325 e. The van der Waals surface area contributed by atoms with Crippen molar-refractivity contribution in [2.75, 3.05) is 0 Å². The molecule has 1 unspecified atom stereocenters. The lowest BCUT2D eigenvalue weighted by molar-refractivity contribution is -0.138. The molecule has 13 heavy (non-hydrogen) atoms. The highest BCUT2D eigenvalue weighted by Crippen LogP contribution is 2.23. The molecule has 0 aromatic heterocycles. The van der Waals surface area contributed by atoms with Gasteiger partial charge < -0.3 is 10.8 Å². The maximum Gasteiger partial charge on any atom is 0.325 e. The lowest BCUT2D eigenvalue weighted by Crippen LogP contribution is -2.21. The molecule has 0 saturated heterocycles. The summed E-state index contributed by atoms with van der Waals surface area (Å²) < 4.78 is 0.877. The Morgan fingerprint density at radius 2 is 2.23 bits per heavy atom. The number of rotatable bonds is 2. The first-order valence-corrected chi connectivity index (χ1v) is 4.56. The fourth-order valence-electron chi connectivity index (χ4n) is 1.09. The molecule has 4 heteroatoms. The molecule has 1 aromatic carbocycles. The average molecular weight is 244 g/mol. The second kappa shape index (κ2) is 3.89. The quantitative estimate of drug-likeness (QED) is 0.834. The standard InChI is InChI=1S/C9H10BrNO2/c1-5-6(8(11)9(12)13)3-2-4-7(5)10/h2-4,8H,11H2,1H3,(H,12,13). The number of hydrogen-bond donors (Lipinski definition) is 2. The number of nitrogens with two attached hydrogens (primary N) is 1. The first kappa shape index (κ1) is 10.2. The van der Waals surface area contributed by atoms with Crippen LogP contribution in [0.5, 0.6) is 0 Å². The van der Waals surface area contributed by atoms with Crippen LogP contribution >= 0.6 is 15.9 Å². The van der Waals surface area contributed by atoms with E-state index in [4.69, 9.17) is 10.8 Å². The van der Waals surface area contributed by atoms with E-state index in [1.807, 2.05) is 13.0 Å². The molecule has 0 heterocycles. The molecule has 70 valence electrons. The number of carbonyl (C=O) groups is 1. The van der Waals surface area contributed by atoms with E-state index in [0.29, 0.717) is 5.56 Å². The largest absolute Gasteiger partial charge is 0.480 e. The first-order valence-electron chi connectivity index (χ1n) is 3.77. The molecule has 3 nitrogen and oxygen atoms in total. The molecular formula is C9H10BrNO2. The Hall–Kier alpha value is -0.870. The van der Waals surface area contributed by atoms with Crippen molar-refractivity contribution in [2.24, 2.45) is 5.73 Å². The van der Waals surface area contributed by atoms with E-state index in [9.17, 15) is 4.79 Å². The van der Waals surface area contributed by atoms with E-state index >= 15 is 0 Å². The van der Waals surface area contributed by atoms with Gasteiger partial charge in [0, 0.05) is 4.47 Å². The molecule has 0 aliphatic rings. The lowest BCUT2D eigenvalue weighted by atomic mass is 10.0. The van der Waals surface area contributed by atoms with Crippen LogP contribution in [0.25, 0.3) is 0 Å². The summed E-state index contributed by atoms with van der Waals surface area (Å²) in [7, 11) is 0. The predicted molar refractivity (Wildman–Crippen MR) is 53.4 cm³/mol. The molecule has 0 fully saturated rings. The van der Waals surface area contributed by atoms with Gasteiger partial charge in [-0.2, -0.15) is 0 Å². The molecule has 0 amide bonds. The van der Waals surface area contributed by atoms with Crippen LogP contribution in [0, 0.1) is 6.92 Å². The van der Waals surface area contributed by atoms with Gasteiger partial charge in [0.05, 0.1) is 0 Å². The second-order valence-electron chi connectivity index (χ2n) is 2.77. The molecule has 3 N–H and O–H groups in total. The summed E-state index contributed by atoms with van der Waals surface area (Å²) in [5.41, 5.74) is 7.00. The number of hydrogen-bond acceptors (Lipinski definition) is 2. The molecule has 1 atom stereocenters. The SMILES string of the molecule is Cc1c(Br)cccc1C(N)C(=O)O. The summed E-state index contributed by atoms with van der Waals surface area (Å²) in [6, 6.07) is 4.40. The van der Waals surface area contributed by atoms with E-state index in [2.05, 4.69) is 15.9 Å². The number of halogens is 1. The van der Waals surface area contributed by atoms with E-state index in [1.54, 1.807) is 12.1 Å². The Bertz CT molecular complexity index is 338. The summed E-state index contributed by atoms with van der Waals surface area (Å²) in [5.74, 6) is -1.01. The average Bonchev–Trinajstić information content (AvgIpc) is 2.08. The normalized spacial score (nSPS) is 12.5. The van der Waals surface area contributed by atoms with Crippen molar-refractivity contribution >= 4 is 21.9 Å². The highest BCUT2D eigenvalue weighted by atomic mass is 79.9. The predicted octanol–water partition coefficient (Wildman–Crippen LogP) is 1.84. The highest BCUT2D eigenvalue weighted by Gasteiger charge is 2.16. The maximum atomic E-state index is 10.6. The Morgan fingerprint density at radius 1 is 1.62 bits per heavy atom. The van der Waals surface area contributed by atoms with Gasteiger partial charge in [-0.05, 0) is 24.1 Å². The minimum atomic E-state index is -1.01. The van der Waals surface area contributed by atoms with Gasteiger partial charge >= 0.3 is 5.97 Å². The van der Waals surface area contributed by atoms with Crippen molar-refractivity contribution in [2.45, 2.75) is 13.0 Å². The van der Waals surface area contributed by atoms with E-state index in [0.717, 1.165) is 10.0 Å². The zero-order valence-electron chi connectivity index (χ0n) is 7.12. The third kappa shape index (κ3) is 2.08. The number of carboxylic acids is 1. The number of carboxylic acid groups (broad SMARTS) is 1. The zero-order chi connectivity index (χ0) is 10.0.